The topological polar surface area (TPSA) is 12.9 Å². The molecule has 0 radical (unpaired) electrons. The van der Waals surface area contributed by atoms with Crippen LogP contribution in [-0.4, -0.2) is 4.98 Å². The van der Waals surface area contributed by atoms with E-state index in [4.69, 9.17) is 11.6 Å². The van der Waals surface area contributed by atoms with Crippen molar-refractivity contribution in [3.05, 3.63) is 63.6 Å². The SMILES string of the molecule is Cc1ccc(CC(Cl)c2ccc(Br)cc2F)nc1. The molecule has 0 aliphatic heterocycles. The van der Waals surface area contributed by atoms with Crippen LogP contribution < -0.4 is 0 Å². The van der Waals surface area contributed by atoms with Crippen LogP contribution in [0.5, 0.6) is 0 Å². The zero-order chi connectivity index (χ0) is 13.1. The van der Waals surface area contributed by atoms with Gasteiger partial charge >= 0.3 is 0 Å². The lowest BCUT2D eigenvalue weighted by Crippen LogP contribution is -2.01. The van der Waals surface area contributed by atoms with E-state index >= 15 is 0 Å². The maximum absolute atomic E-state index is 13.7. The number of halogens is 3. The summed E-state index contributed by atoms with van der Waals surface area (Å²) in [5.41, 5.74) is 2.46. The Bertz CT molecular complexity index is 542. The van der Waals surface area contributed by atoms with E-state index in [1.807, 2.05) is 19.1 Å². The minimum absolute atomic E-state index is 0.295. The highest BCUT2D eigenvalue weighted by Crippen LogP contribution is 2.28. The van der Waals surface area contributed by atoms with Gasteiger partial charge in [0, 0.05) is 28.3 Å². The van der Waals surface area contributed by atoms with Crippen molar-refractivity contribution in [3.63, 3.8) is 0 Å². The molecule has 18 heavy (non-hydrogen) atoms. The highest BCUT2D eigenvalue weighted by molar-refractivity contribution is 9.10. The summed E-state index contributed by atoms with van der Waals surface area (Å²) in [5, 5.41) is -0.409. The van der Waals surface area contributed by atoms with Crippen molar-refractivity contribution in [2.45, 2.75) is 18.7 Å². The largest absolute Gasteiger partial charge is 0.261 e. The number of aryl methyl sites for hydroxylation is 1. The van der Waals surface area contributed by atoms with Crippen LogP contribution in [0.3, 0.4) is 0 Å². The molecular weight excluding hydrogens is 317 g/mol. The van der Waals surface area contributed by atoms with E-state index in [-0.39, 0.29) is 5.82 Å². The molecule has 1 aromatic carbocycles. The van der Waals surface area contributed by atoms with Gasteiger partial charge in [0.25, 0.3) is 0 Å². The smallest absolute Gasteiger partial charge is 0.129 e. The number of hydrogen-bond acceptors (Lipinski definition) is 1. The fourth-order valence-electron chi connectivity index (χ4n) is 1.67. The third-order valence-corrected chi connectivity index (χ3v) is 3.54. The average molecular weight is 329 g/mol. The van der Waals surface area contributed by atoms with Gasteiger partial charge in [-0.25, -0.2) is 4.39 Å². The number of rotatable bonds is 3. The Hall–Kier alpha value is -0.930. The van der Waals surface area contributed by atoms with Crippen molar-refractivity contribution < 1.29 is 4.39 Å². The molecule has 0 aliphatic carbocycles. The molecule has 0 aliphatic rings. The Balaban J connectivity index is 2.16. The third-order valence-electron chi connectivity index (χ3n) is 2.66. The Kier molecular flexibility index (Phi) is 4.36. The summed E-state index contributed by atoms with van der Waals surface area (Å²) >= 11 is 9.47. The number of alkyl halides is 1. The first kappa shape index (κ1) is 13.5. The van der Waals surface area contributed by atoms with E-state index in [0.29, 0.717) is 16.5 Å². The molecule has 0 spiro atoms. The molecule has 2 rings (SSSR count). The van der Waals surface area contributed by atoms with Crippen LogP contribution in [0.2, 0.25) is 0 Å². The van der Waals surface area contributed by atoms with E-state index in [1.165, 1.54) is 6.07 Å². The van der Waals surface area contributed by atoms with Gasteiger partial charge in [-0.1, -0.05) is 28.1 Å². The van der Waals surface area contributed by atoms with Crippen molar-refractivity contribution in [1.82, 2.24) is 4.98 Å². The predicted octanol–water partition coefficient (Wildman–Crippen LogP) is 4.81. The summed E-state index contributed by atoms with van der Waals surface area (Å²) in [4.78, 5) is 4.27. The van der Waals surface area contributed by atoms with Gasteiger partial charge in [-0.15, -0.1) is 11.6 Å². The number of benzene rings is 1. The maximum atomic E-state index is 13.7. The molecule has 1 heterocycles. The quantitative estimate of drug-likeness (QED) is 0.737. The van der Waals surface area contributed by atoms with E-state index < -0.39 is 5.38 Å². The summed E-state index contributed by atoms with van der Waals surface area (Å²) < 4.78 is 14.4. The summed E-state index contributed by atoms with van der Waals surface area (Å²) in [7, 11) is 0. The van der Waals surface area contributed by atoms with Gasteiger partial charge in [-0.3, -0.25) is 4.98 Å². The molecule has 0 saturated carbocycles. The molecule has 1 unspecified atom stereocenters. The van der Waals surface area contributed by atoms with Gasteiger partial charge in [0.05, 0.1) is 5.38 Å². The Morgan fingerprint density at radius 3 is 2.72 bits per heavy atom. The Morgan fingerprint density at radius 2 is 2.11 bits per heavy atom. The van der Waals surface area contributed by atoms with Gasteiger partial charge in [0.15, 0.2) is 0 Å². The minimum Gasteiger partial charge on any atom is -0.261 e. The lowest BCUT2D eigenvalue weighted by molar-refractivity contribution is 0.604. The van der Waals surface area contributed by atoms with Gasteiger partial charge in [0.2, 0.25) is 0 Å². The summed E-state index contributed by atoms with van der Waals surface area (Å²) in [5.74, 6) is -0.295. The molecule has 0 amide bonds. The van der Waals surface area contributed by atoms with Gasteiger partial charge in [-0.05, 0) is 30.7 Å². The summed E-state index contributed by atoms with van der Waals surface area (Å²) in [6.07, 6.45) is 2.30. The van der Waals surface area contributed by atoms with Crippen LogP contribution in [0.15, 0.2) is 41.0 Å². The number of aromatic nitrogens is 1. The zero-order valence-electron chi connectivity index (χ0n) is 9.83. The van der Waals surface area contributed by atoms with Crippen LogP contribution in [0, 0.1) is 12.7 Å². The van der Waals surface area contributed by atoms with Crippen LogP contribution in [0.1, 0.15) is 22.2 Å². The fourth-order valence-corrected chi connectivity index (χ4v) is 2.34. The van der Waals surface area contributed by atoms with Crippen molar-refractivity contribution in [3.8, 4) is 0 Å². The number of hydrogen-bond donors (Lipinski definition) is 0. The second-order valence-corrected chi connectivity index (χ2v) is 5.61. The maximum Gasteiger partial charge on any atom is 0.129 e. The number of nitrogens with zero attached hydrogens (tertiary/aromatic N) is 1. The van der Waals surface area contributed by atoms with E-state index in [2.05, 4.69) is 20.9 Å². The van der Waals surface area contributed by atoms with Crippen LogP contribution in [-0.2, 0) is 6.42 Å². The molecule has 4 heteroatoms. The van der Waals surface area contributed by atoms with E-state index in [9.17, 15) is 4.39 Å². The monoisotopic (exact) mass is 327 g/mol. The summed E-state index contributed by atoms with van der Waals surface area (Å²) in [6.45, 7) is 1.98. The molecule has 1 nitrogen and oxygen atoms in total. The molecule has 1 atom stereocenters. The Labute approximate surface area is 119 Å². The minimum atomic E-state index is -0.409. The van der Waals surface area contributed by atoms with E-state index in [1.54, 1.807) is 18.3 Å². The average Bonchev–Trinajstić information content (AvgIpc) is 2.32. The molecule has 0 N–H and O–H groups in total. The van der Waals surface area contributed by atoms with Gasteiger partial charge in [-0.2, -0.15) is 0 Å². The standard InChI is InChI=1S/C14H12BrClFN/c1-9-2-4-11(18-8-9)7-13(16)12-5-3-10(15)6-14(12)17/h2-6,8,13H,7H2,1H3. The number of pyridine rings is 1. The van der Waals surface area contributed by atoms with Crippen LogP contribution >= 0.6 is 27.5 Å². The van der Waals surface area contributed by atoms with Crippen molar-refractivity contribution in [1.29, 1.82) is 0 Å². The van der Waals surface area contributed by atoms with Crippen LogP contribution in [0.4, 0.5) is 4.39 Å². The third kappa shape index (κ3) is 3.30. The Morgan fingerprint density at radius 1 is 1.33 bits per heavy atom. The molecule has 0 bridgehead atoms. The highest BCUT2D eigenvalue weighted by Gasteiger charge is 2.14. The molecule has 94 valence electrons. The summed E-state index contributed by atoms with van der Waals surface area (Å²) in [6, 6.07) is 8.81. The van der Waals surface area contributed by atoms with E-state index in [0.717, 1.165) is 11.3 Å². The molecule has 0 saturated heterocycles. The molecule has 0 fully saturated rings. The van der Waals surface area contributed by atoms with Crippen molar-refractivity contribution in [2.24, 2.45) is 0 Å². The lowest BCUT2D eigenvalue weighted by atomic mass is 10.1. The first-order chi connectivity index (χ1) is 8.56. The molecular formula is C14H12BrClFN. The molecule has 2 aromatic rings. The second-order valence-electron chi connectivity index (χ2n) is 4.16. The van der Waals surface area contributed by atoms with Crippen molar-refractivity contribution in [2.75, 3.05) is 0 Å². The van der Waals surface area contributed by atoms with Crippen LogP contribution in [0.25, 0.3) is 0 Å². The highest BCUT2D eigenvalue weighted by atomic mass is 79.9. The lowest BCUT2D eigenvalue weighted by Gasteiger charge is -2.11. The fraction of sp³-hybridized carbons (Fsp3) is 0.214. The van der Waals surface area contributed by atoms with Crippen molar-refractivity contribution >= 4 is 27.5 Å². The predicted molar refractivity (Wildman–Crippen MR) is 75.4 cm³/mol. The first-order valence-electron chi connectivity index (χ1n) is 5.57. The first-order valence-corrected chi connectivity index (χ1v) is 6.80. The normalized spacial score (nSPS) is 12.4. The molecule has 1 aromatic heterocycles. The van der Waals surface area contributed by atoms with Gasteiger partial charge in [0.1, 0.15) is 5.82 Å². The second kappa shape index (κ2) is 5.81. The zero-order valence-corrected chi connectivity index (χ0v) is 12.2. The van der Waals surface area contributed by atoms with Gasteiger partial charge < -0.3 is 0 Å².